The van der Waals surface area contributed by atoms with Crippen LogP contribution < -0.4 is 10.3 Å². The monoisotopic (exact) mass is 364 g/mol. The molecule has 27 heavy (non-hydrogen) atoms. The van der Waals surface area contributed by atoms with Crippen LogP contribution in [-0.4, -0.2) is 22.6 Å². The Kier molecular flexibility index (Phi) is 4.73. The molecule has 0 radical (unpaired) electrons. The predicted molar refractivity (Wildman–Crippen MR) is 94.8 cm³/mol. The zero-order valence-electron chi connectivity index (χ0n) is 14.1. The van der Waals surface area contributed by atoms with Gasteiger partial charge >= 0.3 is 0 Å². The summed E-state index contributed by atoms with van der Waals surface area (Å²) in [5, 5.41) is 19.2. The van der Waals surface area contributed by atoms with Gasteiger partial charge in [-0.2, -0.15) is 5.26 Å². The van der Waals surface area contributed by atoms with Gasteiger partial charge in [0, 0.05) is 11.8 Å². The van der Waals surface area contributed by atoms with Gasteiger partial charge in [0.2, 0.25) is 0 Å². The van der Waals surface area contributed by atoms with Gasteiger partial charge in [-0.05, 0) is 36.4 Å². The number of ketones is 1. The molecule has 1 aromatic heterocycles. The fourth-order valence-electron chi connectivity index (χ4n) is 2.59. The number of nitriles is 1. The first-order valence-electron chi connectivity index (χ1n) is 7.79. The lowest BCUT2D eigenvalue weighted by Gasteiger charge is -2.11. The summed E-state index contributed by atoms with van der Waals surface area (Å²) in [5.41, 5.74) is -1.31. The summed E-state index contributed by atoms with van der Waals surface area (Å²) in [6.07, 6.45) is 1.14. The van der Waals surface area contributed by atoms with Crippen molar-refractivity contribution in [1.29, 1.82) is 5.26 Å². The Morgan fingerprint density at radius 3 is 2.63 bits per heavy atom. The summed E-state index contributed by atoms with van der Waals surface area (Å²) >= 11 is 0. The fraction of sp³-hybridized carbons (Fsp3) is 0.0500. The van der Waals surface area contributed by atoms with Gasteiger partial charge in [0.25, 0.3) is 5.56 Å². The Morgan fingerprint density at radius 1 is 1.22 bits per heavy atom. The molecule has 1 N–H and O–H groups in total. The number of nitrogens with zero attached hydrogens (tertiary/aromatic N) is 2. The van der Waals surface area contributed by atoms with Gasteiger partial charge in [-0.15, -0.1) is 0 Å². The molecule has 0 fully saturated rings. The standard InChI is InChI=1S/C20H13FN2O4/c1-27-14-6-7-18(24)15(9-14)19(25)13-8-12(10-22)20(26)23(11-13)17-5-3-2-4-16(17)21/h2-9,11,24H,1H3. The third-order valence-corrected chi connectivity index (χ3v) is 3.96. The number of halogens is 1. The lowest BCUT2D eigenvalue weighted by atomic mass is 10.0. The minimum atomic E-state index is -0.756. The summed E-state index contributed by atoms with van der Waals surface area (Å²) in [6, 6.07) is 12.4. The van der Waals surface area contributed by atoms with E-state index < -0.39 is 17.2 Å². The number of para-hydroxylation sites is 1. The molecule has 3 aromatic rings. The lowest BCUT2D eigenvalue weighted by Crippen LogP contribution is -2.23. The van der Waals surface area contributed by atoms with Crippen LogP contribution in [0.25, 0.3) is 5.69 Å². The molecule has 0 spiro atoms. The molecule has 1 heterocycles. The van der Waals surface area contributed by atoms with Gasteiger partial charge in [-0.1, -0.05) is 12.1 Å². The van der Waals surface area contributed by atoms with E-state index in [1.165, 1.54) is 43.5 Å². The second-order valence-corrected chi connectivity index (χ2v) is 5.59. The van der Waals surface area contributed by atoms with Gasteiger partial charge in [0.1, 0.15) is 28.9 Å². The van der Waals surface area contributed by atoms with Gasteiger partial charge in [-0.25, -0.2) is 4.39 Å². The van der Waals surface area contributed by atoms with Crippen molar-refractivity contribution in [3.63, 3.8) is 0 Å². The number of phenols is 1. The van der Waals surface area contributed by atoms with E-state index in [4.69, 9.17) is 4.74 Å². The Hall–Kier alpha value is -3.92. The average Bonchev–Trinajstić information content (AvgIpc) is 2.68. The molecule has 6 nitrogen and oxygen atoms in total. The molecule has 0 saturated carbocycles. The maximum atomic E-state index is 14.1. The zero-order valence-corrected chi connectivity index (χ0v) is 14.1. The first-order chi connectivity index (χ1) is 13.0. The molecule has 0 aliphatic rings. The van der Waals surface area contributed by atoms with E-state index in [1.54, 1.807) is 6.07 Å². The van der Waals surface area contributed by atoms with Crippen LogP contribution in [0, 0.1) is 17.1 Å². The number of hydrogen-bond acceptors (Lipinski definition) is 5. The van der Waals surface area contributed by atoms with Crippen molar-refractivity contribution in [2.75, 3.05) is 7.11 Å². The number of hydrogen-bond donors (Lipinski definition) is 1. The number of carbonyl (C=O) groups excluding carboxylic acids is 1. The van der Waals surface area contributed by atoms with Crippen LogP contribution >= 0.6 is 0 Å². The lowest BCUT2D eigenvalue weighted by molar-refractivity contribution is 0.103. The second kappa shape index (κ2) is 7.14. The number of aromatic nitrogens is 1. The van der Waals surface area contributed by atoms with Crippen LogP contribution in [0.3, 0.4) is 0 Å². The fourth-order valence-corrected chi connectivity index (χ4v) is 2.59. The third kappa shape index (κ3) is 3.28. The van der Waals surface area contributed by atoms with Gasteiger partial charge in [0.15, 0.2) is 5.78 Å². The summed E-state index contributed by atoms with van der Waals surface area (Å²) in [4.78, 5) is 25.3. The van der Waals surface area contributed by atoms with Gasteiger partial charge in [-0.3, -0.25) is 14.2 Å². The average molecular weight is 364 g/mol. The number of pyridine rings is 1. The minimum absolute atomic E-state index is 0.0574. The number of phenolic OH excluding ortho intramolecular Hbond substituents is 1. The van der Waals surface area contributed by atoms with Crippen LogP contribution in [-0.2, 0) is 0 Å². The summed E-state index contributed by atoms with van der Waals surface area (Å²) in [7, 11) is 1.41. The number of aromatic hydroxyl groups is 1. The highest BCUT2D eigenvalue weighted by atomic mass is 19.1. The first-order valence-corrected chi connectivity index (χ1v) is 7.79. The van der Waals surface area contributed by atoms with E-state index in [0.29, 0.717) is 5.75 Å². The van der Waals surface area contributed by atoms with Crippen LogP contribution in [0.15, 0.2) is 59.5 Å². The van der Waals surface area contributed by atoms with Crippen LogP contribution in [0.4, 0.5) is 4.39 Å². The van der Waals surface area contributed by atoms with Crippen molar-refractivity contribution in [2.45, 2.75) is 0 Å². The molecule has 0 aliphatic heterocycles. The third-order valence-electron chi connectivity index (χ3n) is 3.96. The number of rotatable bonds is 4. The summed E-state index contributed by atoms with van der Waals surface area (Å²) in [6.45, 7) is 0. The molecule has 0 amide bonds. The number of carbonyl (C=O) groups is 1. The van der Waals surface area contributed by atoms with Crippen molar-refractivity contribution in [1.82, 2.24) is 4.57 Å². The zero-order chi connectivity index (χ0) is 19.6. The van der Waals surface area contributed by atoms with Crippen molar-refractivity contribution >= 4 is 5.78 Å². The number of benzene rings is 2. The normalized spacial score (nSPS) is 10.3. The molecular weight excluding hydrogens is 351 g/mol. The Morgan fingerprint density at radius 2 is 1.96 bits per heavy atom. The van der Waals surface area contributed by atoms with Crippen molar-refractivity contribution in [3.8, 4) is 23.3 Å². The van der Waals surface area contributed by atoms with E-state index in [1.807, 2.05) is 0 Å². The minimum Gasteiger partial charge on any atom is -0.507 e. The highest BCUT2D eigenvalue weighted by molar-refractivity contribution is 6.10. The second-order valence-electron chi connectivity index (χ2n) is 5.59. The van der Waals surface area contributed by atoms with E-state index in [2.05, 4.69) is 0 Å². The van der Waals surface area contributed by atoms with E-state index in [0.717, 1.165) is 22.9 Å². The summed E-state index contributed by atoms with van der Waals surface area (Å²) < 4.78 is 20.1. The maximum Gasteiger partial charge on any atom is 0.273 e. The summed E-state index contributed by atoms with van der Waals surface area (Å²) in [5.74, 6) is -1.27. The molecule has 7 heteroatoms. The highest BCUT2D eigenvalue weighted by Gasteiger charge is 2.19. The van der Waals surface area contributed by atoms with Crippen LogP contribution in [0.5, 0.6) is 11.5 Å². The molecule has 0 aliphatic carbocycles. The molecule has 0 atom stereocenters. The van der Waals surface area contributed by atoms with Crippen LogP contribution in [0.2, 0.25) is 0 Å². The first kappa shape index (κ1) is 17.9. The largest absolute Gasteiger partial charge is 0.507 e. The smallest absolute Gasteiger partial charge is 0.273 e. The Balaban J connectivity index is 2.22. The Labute approximate surface area is 153 Å². The molecule has 2 aromatic carbocycles. The van der Waals surface area contributed by atoms with Crippen molar-refractivity contribution < 1.29 is 19.0 Å². The molecular formula is C20H13FN2O4. The molecule has 0 saturated heterocycles. The topological polar surface area (TPSA) is 92.3 Å². The van der Waals surface area contributed by atoms with Gasteiger partial charge < -0.3 is 9.84 Å². The van der Waals surface area contributed by atoms with E-state index >= 15 is 0 Å². The maximum absolute atomic E-state index is 14.1. The van der Waals surface area contributed by atoms with E-state index in [-0.39, 0.29) is 28.1 Å². The van der Waals surface area contributed by atoms with Crippen molar-refractivity contribution in [3.05, 3.63) is 87.6 Å². The molecule has 134 valence electrons. The van der Waals surface area contributed by atoms with Gasteiger partial charge in [0.05, 0.1) is 18.4 Å². The van der Waals surface area contributed by atoms with E-state index in [9.17, 15) is 24.3 Å². The van der Waals surface area contributed by atoms with Crippen molar-refractivity contribution in [2.24, 2.45) is 0 Å². The Bertz CT molecular complexity index is 1150. The molecule has 0 unspecified atom stereocenters. The molecule has 3 rings (SSSR count). The SMILES string of the molecule is COc1ccc(O)c(C(=O)c2cc(C#N)c(=O)n(-c3ccccc3F)c2)c1. The predicted octanol–water partition coefficient (Wildman–Crippen LogP) is 2.79. The van der Waals surface area contributed by atoms with Crippen LogP contribution in [0.1, 0.15) is 21.5 Å². The number of methoxy groups -OCH3 is 1. The highest BCUT2D eigenvalue weighted by Crippen LogP contribution is 2.25. The quantitative estimate of drug-likeness (QED) is 0.719. The molecule has 0 bridgehead atoms. The number of ether oxygens (including phenoxy) is 1.